The molecule has 0 atom stereocenters. The summed E-state index contributed by atoms with van der Waals surface area (Å²) in [6.07, 6.45) is 0. The van der Waals surface area contributed by atoms with E-state index in [1.165, 1.54) is 100 Å². The molecule has 0 aliphatic carbocycles. The highest BCUT2D eigenvalue weighted by Gasteiger charge is 2.33. The molecule has 1 heteroatoms. The van der Waals surface area contributed by atoms with Crippen molar-refractivity contribution in [2.24, 2.45) is 0 Å². The fraction of sp³-hybridized carbons (Fsp3) is 0.106. The van der Waals surface area contributed by atoms with Gasteiger partial charge in [0.2, 0.25) is 0 Å². The van der Waals surface area contributed by atoms with Gasteiger partial charge in [-0.2, -0.15) is 0 Å². The van der Waals surface area contributed by atoms with Crippen LogP contribution in [0.1, 0.15) is 22.3 Å². The largest absolute Gasteiger partial charge is 0.344 e. The first-order valence-corrected chi connectivity index (χ1v) is 16.8. The molecule has 0 spiro atoms. The van der Waals surface area contributed by atoms with Gasteiger partial charge >= 0.3 is 0 Å². The Morgan fingerprint density at radius 2 is 0.542 bits per heavy atom. The van der Waals surface area contributed by atoms with Gasteiger partial charge in [0, 0.05) is 40.7 Å². The van der Waals surface area contributed by atoms with Gasteiger partial charge in [-0.05, 0) is 84.3 Å². The molecular formula is C47H39N. The number of benzene rings is 7. The first-order valence-electron chi connectivity index (χ1n) is 16.8. The summed E-state index contributed by atoms with van der Waals surface area (Å²) < 4.78 is 0. The fourth-order valence-electron chi connectivity index (χ4n) is 7.41. The van der Waals surface area contributed by atoms with Gasteiger partial charge in [-0.1, -0.05) is 156 Å². The fourth-order valence-corrected chi connectivity index (χ4v) is 7.41. The predicted molar refractivity (Wildman–Crippen MR) is 206 cm³/mol. The third kappa shape index (κ3) is 4.95. The van der Waals surface area contributed by atoms with Gasteiger partial charge in [0.15, 0.2) is 0 Å². The van der Waals surface area contributed by atoms with Crippen LogP contribution in [0.25, 0.3) is 66.8 Å². The second-order valence-corrected chi connectivity index (χ2v) is 13.3. The van der Waals surface area contributed by atoms with E-state index in [1.807, 2.05) is 0 Å². The number of anilines is 2. The summed E-state index contributed by atoms with van der Waals surface area (Å²) in [4.78, 5) is 2.37. The van der Waals surface area contributed by atoms with Gasteiger partial charge in [0.1, 0.15) is 0 Å². The molecule has 0 saturated carbocycles. The maximum atomic E-state index is 2.37. The Morgan fingerprint density at radius 3 is 0.833 bits per heavy atom. The molecule has 7 aromatic rings. The van der Waals surface area contributed by atoms with Crippen molar-refractivity contribution in [3.63, 3.8) is 0 Å². The predicted octanol–water partition coefficient (Wildman–Crippen LogP) is 13.0. The van der Waals surface area contributed by atoms with Crippen molar-refractivity contribution in [1.82, 2.24) is 0 Å². The van der Waals surface area contributed by atoms with Gasteiger partial charge in [-0.3, -0.25) is 0 Å². The Labute approximate surface area is 284 Å². The second-order valence-electron chi connectivity index (χ2n) is 13.3. The average Bonchev–Trinajstić information content (AvgIpc) is 3.22. The standard InChI is InChI=1S/C47H39N/c1-30-14-22-34(23-15-30)42-43(35-24-16-31(2)17-25-35)45(37-28-20-33(4)21-29-37)47-39-11-7-9-13-41(39)48(5)40-12-8-6-10-38(40)46(47)44(42)36-26-18-32(3)19-27-36/h6-29H,1-5H3. The minimum atomic E-state index is 1.20. The van der Waals surface area contributed by atoms with Crippen LogP contribution in [0.3, 0.4) is 0 Å². The Bertz CT molecular complexity index is 2120. The summed E-state index contributed by atoms with van der Waals surface area (Å²) in [5.41, 5.74) is 22.3. The molecule has 0 amide bonds. The van der Waals surface area contributed by atoms with Crippen molar-refractivity contribution < 1.29 is 0 Å². The molecule has 0 fully saturated rings. The maximum absolute atomic E-state index is 2.37. The normalized spacial score (nSPS) is 11.8. The van der Waals surface area contributed by atoms with Crippen molar-refractivity contribution in [3.8, 4) is 66.8 Å². The molecular weight excluding hydrogens is 579 g/mol. The molecule has 232 valence electrons. The Kier molecular flexibility index (Phi) is 7.34. The Balaban J connectivity index is 1.71. The van der Waals surface area contributed by atoms with Gasteiger partial charge in [-0.25, -0.2) is 0 Å². The quantitative estimate of drug-likeness (QED) is 0.190. The topological polar surface area (TPSA) is 3.24 Å². The van der Waals surface area contributed by atoms with Crippen LogP contribution in [-0.2, 0) is 0 Å². The van der Waals surface area contributed by atoms with Gasteiger partial charge in [0.05, 0.1) is 0 Å². The van der Waals surface area contributed by atoms with Crippen LogP contribution >= 0.6 is 0 Å². The third-order valence-electron chi connectivity index (χ3n) is 9.93. The lowest BCUT2D eigenvalue weighted by Crippen LogP contribution is -2.10. The van der Waals surface area contributed by atoms with Crippen molar-refractivity contribution in [3.05, 3.63) is 168 Å². The minimum absolute atomic E-state index is 1.20. The van der Waals surface area contributed by atoms with Crippen LogP contribution in [0.15, 0.2) is 146 Å². The van der Waals surface area contributed by atoms with Crippen LogP contribution in [0.4, 0.5) is 11.4 Å². The summed E-state index contributed by atoms with van der Waals surface area (Å²) >= 11 is 0. The average molecular weight is 618 g/mol. The number of rotatable bonds is 4. The van der Waals surface area contributed by atoms with E-state index < -0.39 is 0 Å². The number of nitrogens with zero attached hydrogens (tertiary/aromatic N) is 1. The van der Waals surface area contributed by atoms with Gasteiger partial charge in [0.25, 0.3) is 0 Å². The van der Waals surface area contributed by atoms with E-state index in [9.17, 15) is 0 Å². The molecule has 0 unspecified atom stereocenters. The van der Waals surface area contributed by atoms with Crippen LogP contribution in [-0.4, -0.2) is 7.05 Å². The maximum Gasteiger partial charge on any atom is 0.0488 e. The summed E-state index contributed by atoms with van der Waals surface area (Å²) in [5, 5.41) is 0. The van der Waals surface area contributed by atoms with E-state index in [1.54, 1.807) is 0 Å². The first-order chi connectivity index (χ1) is 23.4. The highest BCUT2D eigenvalue weighted by molar-refractivity contribution is 6.18. The zero-order valence-electron chi connectivity index (χ0n) is 28.3. The number of hydrogen-bond donors (Lipinski definition) is 0. The second kappa shape index (κ2) is 11.9. The molecule has 48 heavy (non-hydrogen) atoms. The summed E-state index contributed by atoms with van der Waals surface area (Å²) in [7, 11) is 2.21. The van der Waals surface area contributed by atoms with Crippen LogP contribution in [0.2, 0.25) is 0 Å². The zero-order chi connectivity index (χ0) is 32.9. The number of aryl methyl sites for hydroxylation is 4. The lowest BCUT2D eigenvalue weighted by Gasteiger charge is -2.28. The molecule has 0 bridgehead atoms. The summed E-state index contributed by atoms with van der Waals surface area (Å²) in [6.45, 7) is 8.68. The molecule has 0 aromatic heterocycles. The monoisotopic (exact) mass is 617 g/mol. The van der Waals surface area contributed by atoms with Crippen LogP contribution < -0.4 is 4.90 Å². The lowest BCUT2D eigenvalue weighted by molar-refractivity contribution is 1.22. The number of para-hydroxylation sites is 2. The van der Waals surface area contributed by atoms with E-state index in [0.29, 0.717) is 0 Å². The van der Waals surface area contributed by atoms with Crippen molar-refractivity contribution in [2.75, 3.05) is 11.9 Å². The van der Waals surface area contributed by atoms with E-state index in [0.717, 1.165) is 0 Å². The van der Waals surface area contributed by atoms with Gasteiger partial charge in [-0.15, -0.1) is 0 Å². The molecule has 1 aliphatic heterocycles. The summed E-state index contributed by atoms with van der Waals surface area (Å²) in [5.74, 6) is 0. The number of fused-ring (bicyclic) bond motifs is 5. The Hall–Kier alpha value is -5.66. The van der Waals surface area contributed by atoms with E-state index >= 15 is 0 Å². The zero-order valence-corrected chi connectivity index (χ0v) is 28.3. The SMILES string of the molecule is Cc1ccc(-c2c(-c3ccc(C)cc3)c(-c3ccc(C)cc3)c3c(c2-c2ccc(C)cc2)-c2ccccc2N(C)c2ccccc2-3)cc1. The molecule has 1 aliphatic rings. The highest BCUT2D eigenvalue weighted by atomic mass is 15.1. The molecule has 0 radical (unpaired) electrons. The van der Waals surface area contributed by atoms with Crippen LogP contribution in [0, 0.1) is 27.7 Å². The highest BCUT2D eigenvalue weighted by Crippen LogP contribution is 2.59. The van der Waals surface area contributed by atoms with E-state index in [4.69, 9.17) is 0 Å². The van der Waals surface area contributed by atoms with Crippen molar-refractivity contribution >= 4 is 11.4 Å². The summed E-state index contributed by atoms with van der Waals surface area (Å²) in [6, 6.07) is 54.4. The van der Waals surface area contributed by atoms with E-state index in [2.05, 4.69) is 185 Å². The first kappa shape index (κ1) is 29.7. The minimum Gasteiger partial charge on any atom is -0.344 e. The van der Waals surface area contributed by atoms with Gasteiger partial charge < -0.3 is 4.90 Å². The molecule has 7 aromatic carbocycles. The molecule has 1 heterocycles. The third-order valence-corrected chi connectivity index (χ3v) is 9.93. The van der Waals surface area contributed by atoms with Crippen molar-refractivity contribution in [2.45, 2.75) is 27.7 Å². The molecule has 0 N–H and O–H groups in total. The molecule has 0 saturated heterocycles. The molecule has 8 rings (SSSR count). The van der Waals surface area contributed by atoms with Crippen LogP contribution in [0.5, 0.6) is 0 Å². The number of hydrogen-bond acceptors (Lipinski definition) is 1. The molecule has 1 nitrogen and oxygen atoms in total. The van der Waals surface area contributed by atoms with E-state index in [-0.39, 0.29) is 0 Å². The Morgan fingerprint density at radius 1 is 0.292 bits per heavy atom. The van der Waals surface area contributed by atoms with Crippen molar-refractivity contribution in [1.29, 1.82) is 0 Å². The smallest absolute Gasteiger partial charge is 0.0488 e. The lowest BCUT2D eigenvalue weighted by atomic mass is 9.74.